The number of likely N-dealkylation sites (N-methyl/N-ethyl adjacent to an activating group) is 1. The first kappa shape index (κ1) is 18.0. The van der Waals surface area contributed by atoms with E-state index in [1.165, 1.54) is 18.0 Å². The Hall–Kier alpha value is -2.31. The van der Waals surface area contributed by atoms with Gasteiger partial charge in [0.2, 0.25) is 11.8 Å². The topological polar surface area (TPSA) is 75.4 Å². The molecule has 1 N–H and O–H groups in total. The molecule has 0 radical (unpaired) electrons. The maximum absolute atomic E-state index is 12.0. The molecular formula is C16H15Cl2N3O3. The number of aromatic nitrogens is 1. The van der Waals surface area contributed by atoms with Gasteiger partial charge < -0.3 is 14.7 Å². The predicted molar refractivity (Wildman–Crippen MR) is 93.0 cm³/mol. The monoisotopic (exact) mass is 367 g/mol. The number of rotatable bonds is 5. The second-order valence-corrected chi connectivity index (χ2v) is 5.89. The lowest BCUT2D eigenvalue weighted by molar-refractivity contribution is -0.129. The first-order valence-corrected chi connectivity index (χ1v) is 7.72. The van der Waals surface area contributed by atoms with Crippen LogP contribution in [-0.4, -0.2) is 35.5 Å². The molecule has 0 aliphatic carbocycles. The smallest absolute Gasteiger partial charge is 0.246 e. The predicted octanol–water partition coefficient (Wildman–Crippen LogP) is 3.40. The number of amides is 2. The van der Waals surface area contributed by atoms with Crippen LogP contribution in [0.25, 0.3) is 6.08 Å². The van der Waals surface area contributed by atoms with E-state index in [4.69, 9.17) is 27.7 Å². The zero-order valence-electron chi connectivity index (χ0n) is 13.0. The van der Waals surface area contributed by atoms with E-state index in [2.05, 4.69) is 10.5 Å². The maximum atomic E-state index is 12.0. The van der Waals surface area contributed by atoms with Gasteiger partial charge >= 0.3 is 0 Å². The summed E-state index contributed by atoms with van der Waals surface area (Å²) >= 11 is 11.7. The molecule has 0 aliphatic heterocycles. The standard InChI is InChI=1S/C16H15Cl2N3O3/c1-10-7-14(20-24-10)19-15(22)9-21(2)16(23)6-4-11-3-5-12(17)13(18)8-11/h3-8H,9H2,1-2H3,(H,19,20,22). The van der Waals surface area contributed by atoms with E-state index in [1.807, 2.05) is 0 Å². The van der Waals surface area contributed by atoms with Crippen LogP contribution < -0.4 is 5.32 Å². The molecule has 2 aromatic rings. The van der Waals surface area contributed by atoms with Crippen molar-refractivity contribution in [3.63, 3.8) is 0 Å². The highest BCUT2D eigenvalue weighted by molar-refractivity contribution is 6.42. The fraction of sp³-hybridized carbons (Fsp3) is 0.188. The number of nitrogens with zero attached hydrogens (tertiary/aromatic N) is 2. The largest absolute Gasteiger partial charge is 0.360 e. The molecular weight excluding hydrogens is 353 g/mol. The van der Waals surface area contributed by atoms with E-state index < -0.39 is 0 Å². The summed E-state index contributed by atoms with van der Waals surface area (Å²) in [6.07, 6.45) is 2.95. The van der Waals surface area contributed by atoms with Gasteiger partial charge in [-0.2, -0.15) is 0 Å². The van der Waals surface area contributed by atoms with Crippen molar-refractivity contribution in [2.24, 2.45) is 0 Å². The summed E-state index contributed by atoms with van der Waals surface area (Å²) in [5.74, 6) is 0.193. The molecule has 0 fully saturated rings. The van der Waals surface area contributed by atoms with E-state index in [-0.39, 0.29) is 18.4 Å². The summed E-state index contributed by atoms with van der Waals surface area (Å²) < 4.78 is 4.85. The number of hydrogen-bond acceptors (Lipinski definition) is 4. The summed E-state index contributed by atoms with van der Waals surface area (Å²) in [6, 6.07) is 6.61. The lowest BCUT2D eigenvalue weighted by Crippen LogP contribution is -2.33. The molecule has 0 saturated carbocycles. The molecule has 0 spiro atoms. The van der Waals surface area contributed by atoms with Crippen LogP contribution >= 0.6 is 23.2 Å². The van der Waals surface area contributed by atoms with Crippen molar-refractivity contribution in [2.45, 2.75) is 6.92 Å². The zero-order valence-corrected chi connectivity index (χ0v) is 14.6. The highest BCUT2D eigenvalue weighted by Crippen LogP contribution is 2.23. The van der Waals surface area contributed by atoms with E-state index in [0.29, 0.717) is 21.6 Å². The van der Waals surface area contributed by atoms with E-state index in [9.17, 15) is 9.59 Å². The molecule has 1 aromatic heterocycles. The van der Waals surface area contributed by atoms with Crippen molar-refractivity contribution in [3.05, 3.63) is 51.7 Å². The molecule has 0 unspecified atom stereocenters. The third kappa shape index (κ3) is 5.11. The third-order valence-corrected chi connectivity index (χ3v) is 3.75. The summed E-state index contributed by atoms with van der Waals surface area (Å²) in [6.45, 7) is 1.60. The van der Waals surface area contributed by atoms with Crippen LogP contribution in [0.5, 0.6) is 0 Å². The number of carbonyl (C=O) groups excluding carboxylic acids is 2. The van der Waals surface area contributed by atoms with Gasteiger partial charge in [0.25, 0.3) is 0 Å². The van der Waals surface area contributed by atoms with Crippen LogP contribution in [0.1, 0.15) is 11.3 Å². The highest BCUT2D eigenvalue weighted by Gasteiger charge is 2.12. The SMILES string of the molecule is Cc1cc(NC(=O)CN(C)C(=O)C=Cc2ccc(Cl)c(Cl)c2)no1. The molecule has 1 aromatic carbocycles. The first-order chi connectivity index (χ1) is 11.3. The lowest BCUT2D eigenvalue weighted by atomic mass is 10.2. The average Bonchev–Trinajstić information content (AvgIpc) is 2.92. The van der Waals surface area contributed by atoms with Crippen LogP contribution in [0.3, 0.4) is 0 Å². The van der Waals surface area contributed by atoms with Gasteiger partial charge in [0.05, 0.1) is 16.6 Å². The second-order valence-electron chi connectivity index (χ2n) is 5.07. The van der Waals surface area contributed by atoms with Crippen LogP contribution in [0.4, 0.5) is 5.82 Å². The van der Waals surface area contributed by atoms with Crippen molar-refractivity contribution >= 4 is 46.9 Å². The normalized spacial score (nSPS) is 10.8. The molecule has 0 atom stereocenters. The van der Waals surface area contributed by atoms with Crippen molar-refractivity contribution in [3.8, 4) is 0 Å². The highest BCUT2D eigenvalue weighted by atomic mass is 35.5. The average molecular weight is 368 g/mol. The summed E-state index contributed by atoms with van der Waals surface area (Å²) in [4.78, 5) is 25.2. The van der Waals surface area contributed by atoms with Crippen LogP contribution in [0, 0.1) is 6.92 Å². The molecule has 1 heterocycles. The minimum absolute atomic E-state index is 0.115. The number of carbonyl (C=O) groups is 2. The molecule has 2 rings (SSSR count). The number of halogens is 2. The number of aryl methyl sites for hydroxylation is 1. The summed E-state index contributed by atoms with van der Waals surface area (Å²) in [5, 5.41) is 7.04. The van der Waals surface area contributed by atoms with Gasteiger partial charge in [-0.3, -0.25) is 9.59 Å². The molecule has 126 valence electrons. The van der Waals surface area contributed by atoms with Gasteiger partial charge in [0.1, 0.15) is 5.76 Å². The zero-order chi connectivity index (χ0) is 17.7. The van der Waals surface area contributed by atoms with Crippen LogP contribution in [0.15, 0.2) is 34.9 Å². The fourth-order valence-electron chi connectivity index (χ4n) is 1.81. The molecule has 0 bridgehead atoms. The Balaban J connectivity index is 1.90. The van der Waals surface area contributed by atoms with Gasteiger partial charge in [0.15, 0.2) is 5.82 Å². The molecule has 6 nitrogen and oxygen atoms in total. The van der Waals surface area contributed by atoms with E-state index in [1.54, 1.807) is 37.3 Å². The van der Waals surface area contributed by atoms with Crippen molar-refractivity contribution in [2.75, 3.05) is 18.9 Å². The Morgan fingerprint density at radius 1 is 1.29 bits per heavy atom. The van der Waals surface area contributed by atoms with Crippen LogP contribution in [0.2, 0.25) is 10.0 Å². The Morgan fingerprint density at radius 3 is 2.67 bits per heavy atom. The van der Waals surface area contributed by atoms with Crippen molar-refractivity contribution < 1.29 is 14.1 Å². The number of hydrogen-bond donors (Lipinski definition) is 1. The first-order valence-electron chi connectivity index (χ1n) is 6.96. The Bertz CT molecular complexity index is 787. The Kier molecular flexibility index (Phi) is 6.00. The van der Waals surface area contributed by atoms with Gasteiger partial charge in [-0.15, -0.1) is 0 Å². The molecule has 0 saturated heterocycles. The third-order valence-electron chi connectivity index (χ3n) is 3.01. The van der Waals surface area contributed by atoms with Crippen molar-refractivity contribution in [1.29, 1.82) is 0 Å². The van der Waals surface area contributed by atoms with Gasteiger partial charge in [0, 0.05) is 19.2 Å². The Morgan fingerprint density at radius 2 is 2.04 bits per heavy atom. The number of nitrogens with one attached hydrogen (secondary N) is 1. The lowest BCUT2D eigenvalue weighted by Gasteiger charge is -2.13. The Labute approximate surface area is 149 Å². The summed E-state index contributed by atoms with van der Waals surface area (Å²) in [5.41, 5.74) is 0.730. The van der Waals surface area contributed by atoms with Gasteiger partial charge in [-0.1, -0.05) is 34.4 Å². The van der Waals surface area contributed by atoms with Gasteiger partial charge in [-0.25, -0.2) is 0 Å². The van der Waals surface area contributed by atoms with E-state index in [0.717, 1.165) is 5.56 Å². The fourth-order valence-corrected chi connectivity index (χ4v) is 2.12. The number of anilines is 1. The maximum Gasteiger partial charge on any atom is 0.246 e. The second kappa shape index (κ2) is 7.99. The van der Waals surface area contributed by atoms with Crippen LogP contribution in [-0.2, 0) is 9.59 Å². The molecule has 24 heavy (non-hydrogen) atoms. The minimum Gasteiger partial charge on any atom is -0.360 e. The molecule has 0 aliphatic rings. The quantitative estimate of drug-likeness (QED) is 0.821. The van der Waals surface area contributed by atoms with Crippen molar-refractivity contribution in [1.82, 2.24) is 10.1 Å². The minimum atomic E-state index is -0.373. The van der Waals surface area contributed by atoms with Gasteiger partial charge in [-0.05, 0) is 30.7 Å². The number of benzene rings is 1. The van der Waals surface area contributed by atoms with E-state index >= 15 is 0 Å². The summed E-state index contributed by atoms with van der Waals surface area (Å²) in [7, 11) is 1.52. The molecule has 2 amide bonds. The molecule has 8 heteroatoms.